The van der Waals surface area contributed by atoms with Crippen molar-refractivity contribution in [2.75, 3.05) is 11.9 Å². The number of hydrogen-bond acceptors (Lipinski definition) is 2. The molecule has 0 aliphatic rings. The van der Waals surface area contributed by atoms with Crippen molar-refractivity contribution in [2.24, 2.45) is 5.73 Å². The van der Waals surface area contributed by atoms with Crippen molar-refractivity contribution in [3.63, 3.8) is 0 Å². The Morgan fingerprint density at radius 3 is 2.55 bits per heavy atom. The summed E-state index contributed by atoms with van der Waals surface area (Å²) in [4.78, 5) is 0. The summed E-state index contributed by atoms with van der Waals surface area (Å²) in [5.74, 6) is -0.272. The number of halogens is 3. The number of anilines is 1. The number of rotatable bonds is 4. The second-order valence-corrected chi connectivity index (χ2v) is 6.29. The minimum atomic E-state index is -0.272. The number of aryl methyl sites for hydroxylation is 1. The third kappa shape index (κ3) is 3.59. The molecule has 0 fully saturated rings. The van der Waals surface area contributed by atoms with E-state index in [1.54, 1.807) is 6.07 Å². The van der Waals surface area contributed by atoms with Crippen LogP contribution >= 0.6 is 31.9 Å². The summed E-state index contributed by atoms with van der Waals surface area (Å²) in [6.07, 6.45) is 0. The van der Waals surface area contributed by atoms with Gasteiger partial charge in [-0.25, -0.2) is 4.39 Å². The van der Waals surface area contributed by atoms with Gasteiger partial charge in [-0.05, 0) is 64.3 Å². The van der Waals surface area contributed by atoms with Crippen molar-refractivity contribution in [2.45, 2.75) is 13.0 Å². The molecule has 0 spiro atoms. The van der Waals surface area contributed by atoms with Crippen molar-refractivity contribution < 1.29 is 4.39 Å². The highest BCUT2D eigenvalue weighted by molar-refractivity contribution is 9.11. The summed E-state index contributed by atoms with van der Waals surface area (Å²) in [5.41, 5.74) is 8.73. The average molecular weight is 402 g/mol. The quantitative estimate of drug-likeness (QED) is 0.774. The topological polar surface area (TPSA) is 38.0 Å². The van der Waals surface area contributed by atoms with Gasteiger partial charge in [-0.15, -0.1) is 0 Å². The molecule has 0 bridgehead atoms. The van der Waals surface area contributed by atoms with Crippen LogP contribution in [0.15, 0.2) is 45.3 Å². The molecule has 1 unspecified atom stereocenters. The lowest BCUT2D eigenvalue weighted by Gasteiger charge is -2.21. The summed E-state index contributed by atoms with van der Waals surface area (Å²) in [6, 6.07) is 10.5. The minimum Gasteiger partial charge on any atom is -0.376 e. The van der Waals surface area contributed by atoms with Gasteiger partial charge in [0.1, 0.15) is 5.82 Å². The maximum absolute atomic E-state index is 13.4. The molecule has 0 heterocycles. The summed E-state index contributed by atoms with van der Waals surface area (Å²) in [6.45, 7) is 2.38. The molecule has 0 aromatic heterocycles. The first-order valence-electron chi connectivity index (χ1n) is 6.19. The molecule has 2 aromatic rings. The maximum Gasteiger partial charge on any atom is 0.123 e. The van der Waals surface area contributed by atoms with Gasteiger partial charge in [0.15, 0.2) is 0 Å². The smallest absolute Gasteiger partial charge is 0.123 e. The lowest BCUT2D eigenvalue weighted by Crippen LogP contribution is -2.21. The Labute approximate surface area is 134 Å². The van der Waals surface area contributed by atoms with Crippen molar-refractivity contribution in [1.82, 2.24) is 0 Å². The van der Waals surface area contributed by atoms with Gasteiger partial charge in [0.2, 0.25) is 0 Å². The van der Waals surface area contributed by atoms with Crippen molar-refractivity contribution >= 4 is 37.5 Å². The monoisotopic (exact) mass is 400 g/mol. The van der Waals surface area contributed by atoms with E-state index < -0.39 is 0 Å². The molecule has 0 saturated heterocycles. The van der Waals surface area contributed by atoms with Crippen LogP contribution in [0.3, 0.4) is 0 Å². The summed E-state index contributed by atoms with van der Waals surface area (Å²) < 4.78 is 15.2. The zero-order chi connectivity index (χ0) is 14.7. The van der Waals surface area contributed by atoms with Crippen LogP contribution in [0.4, 0.5) is 10.1 Å². The first kappa shape index (κ1) is 15.5. The zero-order valence-electron chi connectivity index (χ0n) is 11.0. The largest absolute Gasteiger partial charge is 0.376 e. The van der Waals surface area contributed by atoms with Gasteiger partial charge < -0.3 is 11.1 Å². The van der Waals surface area contributed by atoms with Crippen LogP contribution in [0, 0.1) is 12.7 Å². The van der Waals surface area contributed by atoms with E-state index >= 15 is 0 Å². The number of nitrogens with one attached hydrogen (secondary N) is 1. The average Bonchev–Trinajstić information content (AvgIpc) is 2.42. The maximum atomic E-state index is 13.4. The molecular weight excluding hydrogens is 387 g/mol. The predicted molar refractivity (Wildman–Crippen MR) is 88.4 cm³/mol. The van der Waals surface area contributed by atoms with Crippen LogP contribution in [0.25, 0.3) is 0 Å². The van der Waals surface area contributed by atoms with Crippen molar-refractivity contribution in [1.29, 1.82) is 0 Å². The van der Waals surface area contributed by atoms with Crippen LogP contribution in [0.2, 0.25) is 0 Å². The Morgan fingerprint density at radius 1 is 1.15 bits per heavy atom. The van der Waals surface area contributed by atoms with E-state index in [-0.39, 0.29) is 11.9 Å². The Balaban J connectivity index is 2.33. The molecule has 0 aliphatic carbocycles. The van der Waals surface area contributed by atoms with E-state index in [2.05, 4.69) is 37.2 Å². The Kier molecular flexibility index (Phi) is 5.18. The van der Waals surface area contributed by atoms with Crippen LogP contribution in [-0.2, 0) is 0 Å². The lowest BCUT2D eigenvalue weighted by molar-refractivity contribution is 0.621. The highest BCUT2D eigenvalue weighted by Crippen LogP contribution is 2.30. The molecule has 2 rings (SSSR count). The number of benzene rings is 2. The van der Waals surface area contributed by atoms with E-state index in [4.69, 9.17) is 5.73 Å². The SMILES string of the molecule is Cc1ccc(Br)c(NC(CN)c2cc(F)ccc2Br)c1. The molecule has 0 aliphatic heterocycles. The lowest BCUT2D eigenvalue weighted by atomic mass is 10.1. The molecule has 2 aromatic carbocycles. The molecule has 106 valence electrons. The van der Waals surface area contributed by atoms with Gasteiger partial charge in [-0.2, -0.15) is 0 Å². The van der Waals surface area contributed by atoms with E-state index in [1.165, 1.54) is 12.1 Å². The molecule has 0 radical (unpaired) electrons. The third-order valence-electron chi connectivity index (χ3n) is 3.02. The summed E-state index contributed by atoms with van der Waals surface area (Å²) in [7, 11) is 0. The molecule has 5 heteroatoms. The first-order valence-corrected chi connectivity index (χ1v) is 7.77. The molecule has 3 N–H and O–H groups in total. The predicted octanol–water partition coefficient (Wildman–Crippen LogP) is 4.77. The zero-order valence-corrected chi connectivity index (χ0v) is 14.1. The van der Waals surface area contributed by atoms with Gasteiger partial charge in [0.25, 0.3) is 0 Å². The van der Waals surface area contributed by atoms with Crippen LogP contribution in [0.1, 0.15) is 17.2 Å². The molecule has 1 atom stereocenters. The van der Waals surface area contributed by atoms with Gasteiger partial charge in [-0.3, -0.25) is 0 Å². The normalized spacial score (nSPS) is 12.2. The minimum absolute atomic E-state index is 0.168. The van der Waals surface area contributed by atoms with E-state index in [1.807, 2.05) is 25.1 Å². The number of hydrogen-bond donors (Lipinski definition) is 2. The van der Waals surface area contributed by atoms with Gasteiger partial charge in [0.05, 0.1) is 6.04 Å². The highest BCUT2D eigenvalue weighted by atomic mass is 79.9. The van der Waals surface area contributed by atoms with E-state index in [9.17, 15) is 4.39 Å². The van der Waals surface area contributed by atoms with Gasteiger partial charge in [-0.1, -0.05) is 22.0 Å². The van der Waals surface area contributed by atoms with E-state index in [0.717, 1.165) is 25.8 Å². The highest BCUT2D eigenvalue weighted by Gasteiger charge is 2.15. The fourth-order valence-corrected chi connectivity index (χ4v) is 2.87. The van der Waals surface area contributed by atoms with Crippen LogP contribution < -0.4 is 11.1 Å². The number of nitrogens with two attached hydrogens (primary N) is 1. The molecular formula is C15H15Br2FN2. The second-order valence-electron chi connectivity index (χ2n) is 4.58. The molecule has 2 nitrogen and oxygen atoms in total. The second kappa shape index (κ2) is 6.70. The van der Waals surface area contributed by atoms with Gasteiger partial charge in [0, 0.05) is 21.2 Å². The van der Waals surface area contributed by atoms with Crippen molar-refractivity contribution in [3.05, 3.63) is 62.3 Å². The Bertz CT molecular complexity index is 617. The third-order valence-corrected chi connectivity index (χ3v) is 4.43. The standard InChI is InChI=1S/C15H15Br2FN2/c1-9-2-4-13(17)14(6-9)20-15(8-19)11-7-10(18)3-5-12(11)16/h2-7,15,20H,8,19H2,1H3. The van der Waals surface area contributed by atoms with Gasteiger partial charge >= 0.3 is 0 Å². The summed E-state index contributed by atoms with van der Waals surface area (Å²) >= 11 is 6.95. The van der Waals surface area contributed by atoms with Crippen LogP contribution in [-0.4, -0.2) is 6.54 Å². The molecule has 0 saturated carbocycles. The fraction of sp³-hybridized carbons (Fsp3) is 0.200. The first-order chi connectivity index (χ1) is 9.51. The van der Waals surface area contributed by atoms with Crippen LogP contribution in [0.5, 0.6) is 0 Å². The Morgan fingerprint density at radius 2 is 1.85 bits per heavy atom. The Hall–Kier alpha value is -0.910. The van der Waals surface area contributed by atoms with Crippen molar-refractivity contribution in [3.8, 4) is 0 Å². The molecule has 20 heavy (non-hydrogen) atoms. The summed E-state index contributed by atoms with van der Waals surface area (Å²) in [5, 5.41) is 3.35. The fourth-order valence-electron chi connectivity index (χ4n) is 1.98. The molecule has 0 amide bonds. The van der Waals surface area contributed by atoms with E-state index in [0.29, 0.717) is 6.54 Å².